The normalized spacial score (nSPS) is 11.3. The van der Waals surface area contributed by atoms with E-state index in [0.29, 0.717) is 0 Å². The summed E-state index contributed by atoms with van der Waals surface area (Å²) in [6, 6.07) is 0. The van der Waals surface area contributed by atoms with E-state index in [2.05, 4.69) is 0 Å². The van der Waals surface area contributed by atoms with Crippen molar-refractivity contribution < 1.29 is 18.3 Å². The summed E-state index contributed by atoms with van der Waals surface area (Å²) in [6.45, 7) is 0. The molecule has 0 fully saturated rings. The minimum atomic E-state index is -4.97. The van der Waals surface area contributed by atoms with Crippen LogP contribution >= 0.6 is 0 Å². The highest BCUT2D eigenvalue weighted by molar-refractivity contribution is 5.73. The molecule has 0 saturated heterocycles. The Kier molecular flexibility index (Phi) is 1.25. The van der Waals surface area contributed by atoms with Crippen LogP contribution < -0.4 is 5.11 Å². The maximum atomic E-state index is 10.6. The zero-order chi connectivity index (χ0) is 6.08. The standard InChI is InChI=1S/C2H2F3NO/c3-2(4,5)1(6)7/h(H2,6,7)/p-1. The van der Waals surface area contributed by atoms with Gasteiger partial charge in [-0.3, -0.25) is 0 Å². The summed E-state index contributed by atoms with van der Waals surface area (Å²) in [6.07, 6.45) is -4.97. The summed E-state index contributed by atoms with van der Waals surface area (Å²) in [5.41, 5.74) is 0. The van der Waals surface area contributed by atoms with Gasteiger partial charge in [0.1, 0.15) is 0 Å². The molecule has 2 nitrogen and oxygen atoms in total. The Morgan fingerprint density at radius 3 is 1.57 bits per heavy atom. The minimum absolute atomic E-state index is 2.51. The molecule has 0 rings (SSSR count). The molecule has 0 atom stereocenters. The van der Waals surface area contributed by atoms with Crippen LogP contribution in [0.2, 0.25) is 0 Å². The van der Waals surface area contributed by atoms with E-state index in [-0.39, 0.29) is 0 Å². The molecule has 42 valence electrons. The fraction of sp³-hybridized carbons (Fsp3) is 0.500. The van der Waals surface area contributed by atoms with Crippen molar-refractivity contribution in [2.24, 2.45) is 0 Å². The van der Waals surface area contributed by atoms with E-state index in [4.69, 9.17) is 10.5 Å². The monoisotopic (exact) mass is 112 g/mol. The zero-order valence-corrected chi connectivity index (χ0v) is 3.04. The Morgan fingerprint density at radius 1 is 1.43 bits per heavy atom. The van der Waals surface area contributed by atoms with Crippen molar-refractivity contribution in [2.75, 3.05) is 0 Å². The maximum Gasteiger partial charge on any atom is 0.418 e. The fourth-order valence-corrected chi connectivity index (χ4v) is 0. The van der Waals surface area contributed by atoms with Gasteiger partial charge < -0.3 is 10.5 Å². The largest absolute Gasteiger partial charge is 0.856 e. The lowest BCUT2D eigenvalue weighted by molar-refractivity contribution is -0.264. The molecular weight excluding hydrogens is 111 g/mol. The summed E-state index contributed by atoms with van der Waals surface area (Å²) in [5, 5.41) is 14.5. The first-order chi connectivity index (χ1) is 2.94. The summed E-state index contributed by atoms with van der Waals surface area (Å²) in [4.78, 5) is 0. The van der Waals surface area contributed by atoms with Gasteiger partial charge in [-0.1, -0.05) is 0 Å². The Balaban J connectivity index is 3.79. The summed E-state index contributed by atoms with van der Waals surface area (Å²) < 4.78 is 31.9. The Bertz CT molecular complexity index is 85.4. The molecule has 0 bridgehead atoms. The quantitative estimate of drug-likeness (QED) is 0.345. The van der Waals surface area contributed by atoms with Gasteiger partial charge in [0.2, 0.25) is 0 Å². The van der Waals surface area contributed by atoms with Crippen LogP contribution in [-0.4, -0.2) is 12.1 Å². The molecule has 7 heavy (non-hydrogen) atoms. The van der Waals surface area contributed by atoms with E-state index in [1.165, 1.54) is 0 Å². The Hall–Kier alpha value is -0.740. The first-order valence-electron chi connectivity index (χ1n) is 1.27. The number of halogens is 3. The average Bonchev–Trinajstić information content (AvgIpc) is 1.31. The molecule has 0 aliphatic carbocycles. The lowest BCUT2D eigenvalue weighted by Crippen LogP contribution is -2.33. The van der Waals surface area contributed by atoms with Crippen LogP contribution in [0.25, 0.3) is 0 Å². The van der Waals surface area contributed by atoms with Crippen LogP contribution in [0.4, 0.5) is 13.2 Å². The second-order valence-corrected chi connectivity index (χ2v) is 0.827. The lowest BCUT2D eigenvalue weighted by atomic mass is 10.7. The second kappa shape index (κ2) is 1.40. The summed E-state index contributed by atoms with van der Waals surface area (Å²) in [7, 11) is 0. The van der Waals surface area contributed by atoms with Crippen LogP contribution in [0, 0.1) is 5.41 Å². The van der Waals surface area contributed by atoms with Crippen LogP contribution in [0.1, 0.15) is 0 Å². The smallest absolute Gasteiger partial charge is 0.418 e. The van der Waals surface area contributed by atoms with Crippen molar-refractivity contribution in [3.63, 3.8) is 0 Å². The zero-order valence-electron chi connectivity index (χ0n) is 3.04. The van der Waals surface area contributed by atoms with Crippen molar-refractivity contribution in [1.82, 2.24) is 0 Å². The number of nitrogens with one attached hydrogen (secondary N) is 1. The van der Waals surface area contributed by atoms with Crippen molar-refractivity contribution in [2.45, 2.75) is 6.18 Å². The second-order valence-electron chi connectivity index (χ2n) is 0.827. The number of rotatable bonds is 0. The Morgan fingerprint density at radius 2 is 1.57 bits per heavy atom. The third kappa shape index (κ3) is 2.02. The first kappa shape index (κ1) is 6.26. The molecule has 0 unspecified atom stereocenters. The van der Waals surface area contributed by atoms with Gasteiger partial charge in [-0.05, 0) is 0 Å². The third-order valence-corrected chi connectivity index (χ3v) is 0.257. The number of hydrogen-bond donors (Lipinski definition) is 1. The van der Waals surface area contributed by atoms with Crippen LogP contribution in [0.5, 0.6) is 0 Å². The molecule has 0 aromatic rings. The van der Waals surface area contributed by atoms with Gasteiger partial charge in [0, 0.05) is 0 Å². The highest BCUT2D eigenvalue weighted by atomic mass is 19.4. The summed E-state index contributed by atoms with van der Waals surface area (Å²) in [5.74, 6) is -2.51. The van der Waals surface area contributed by atoms with Crippen molar-refractivity contribution >= 4 is 5.90 Å². The highest BCUT2D eigenvalue weighted by Crippen LogP contribution is 2.11. The van der Waals surface area contributed by atoms with E-state index in [9.17, 15) is 13.2 Å². The van der Waals surface area contributed by atoms with E-state index >= 15 is 0 Å². The van der Waals surface area contributed by atoms with Gasteiger partial charge in [0.25, 0.3) is 0 Å². The average molecular weight is 112 g/mol. The third-order valence-electron chi connectivity index (χ3n) is 0.257. The fourth-order valence-electron chi connectivity index (χ4n) is 0. The van der Waals surface area contributed by atoms with Crippen molar-refractivity contribution in [3.05, 3.63) is 0 Å². The molecular formula is C2HF3NO-. The molecule has 0 amide bonds. The van der Waals surface area contributed by atoms with E-state index < -0.39 is 12.1 Å². The van der Waals surface area contributed by atoms with E-state index in [1.807, 2.05) is 0 Å². The van der Waals surface area contributed by atoms with E-state index in [1.54, 1.807) is 0 Å². The predicted molar refractivity (Wildman–Crippen MR) is 13.8 cm³/mol. The summed E-state index contributed by atoms with van der Waals surface area (Å²) >= 11 is 0. The van der Waals surface area contributed by atoms with Gasteiger partial charge in [-0.25, -0.2) is 0 Å². The lowest BCUT2D eigenvalue weighted by Gasteiger charge is -2.09. The molecule has 0 aromatic heterocycles. The molecule has 0 spiro atoms. The van der Waals surface area contributed by atoms with Crippen LogP contribution in [0.3, 0.4) is 0 Å². The number of hydrogen-bond acceptors (Lipinski definition) is 2. The number of alkyl halides is 3. The van der Waals surface area contributed by atoms with Gasteiger partial charge in [0.15, 0.2) is 0 Å². The molecule has 0 aliphatic heterocycles. The Labute approximate surface area is 37.1 Å². The van der Waals surface area contributed by atoms with Crippen molar-refractivity contribution in [3.8, 4) is 0 Å². The molecule has 0 radical (unpaired) electrons. The molecule has 0 aromatic carbocycles. The first-order valence-corrected chi connectivity index (χ1v) is 1.27. The molecule has 5 heteroatoms. The maximum absolute atomic E-state index is 10.6. The van der Waals surface area contributed by atoms with Crippen LogP contribution in [-0.2, 0) is 0 Å². The molecule has 0 aliphatic rings. The van der Waals surface area contributed by atoms with Crippen molar-refractivity contribution in [1.29, 1.82) is 5.41 Å². The SMILES string of the molecule is N=C([O-])C(F)(F)F. The van der Waals surface area contributed by atoms with Gasteiger partial charge in [0.05, 0.1) is 5.90 Å². The molecule has 0 saturated carbocycles. The van der Waals surface area contributed by atoms with E-state index in [0.717, 1.165) is 0 Å². The van der Waals surface area contributed by atoms with Crippen LogP contribution in [0.15, 0.2) is 0 Å². The molecule has 1 N–H and O–H groups in total. The molecule has 0 heterocycles. The predicted octanol–water partition coefficient (Wildman–Crippen LogP) is -0.114. The highest BCUT2D eigenvalue weighted by Gasteiger charge is 2.26. The van der Waals surface area contributed by atoms with Gasteiger partial charge >= 0.3 is 6.18 Å². The minimum Gasteiger partial charge on any atom is -0.856 e. The topological polar surface area (TPSA) is 46.9 Å². The van der Waals surface area contributed by atoms with Gasteiger partial charge in [-0.2, -0.15) is 13.2 Å². The van der Waals surface area contributed by atoms with Gasteiger partial charge in [-0.15, -0.1) is 0 Å².